The molecule has 3 heterocycles. The number of allylic oxidation sites excluding steroid dienone is 2. The van der Waals surface area contributed by atoms with Gasteiger partial charge in [0, 0.05) is 24.8 Å². The summed E-state index contributed by atoms with van der Waals surface area (Å²) < 4.78 is 24.7. The maximum Gasteiger partial charge on any atom is 0.310 e. The molecule has 2 atom stereocenters. The van der Waals surface area contributed by atoms with Gasteiger partial charge in [0.2, 0.25) is 5.88 Å². The Bertz CT molecular complexity index is 1550. The SMILES string of the molecule is COC(=O)[C@@H]1CCN(Cc2ccnc(NC3(c4ccc(C=O)c(OC)n4)C=CC=C(c4ccccc4)C3(Cl)Cl)c2F)C1. The maximum atomic E-state index is 16.2. The lowest BCUT2D eigenvalue weighted by Crippen LogP contribution is -2.51. The first-order valence-corrected chi connectivity index (χ1v) is 14.0. The van der Waals surface area contributed by atoms with Crippen LogP contribution in [0.1, 0.15) is 33.6 Å². The number of benzene rings is 1. The van der Waals surface area contributed by atoms with E-state index in [2.05, 4.69) is 15.3 Å². The zero-order chi connectivity index (χ0) is 29.9. The van der Waals surface area contributed by atoms with Crippen LogP contribution in [-0.2, 0) is 21.6 Å². The van der Waals surface area contributed by atoms with Crippen LogP contribution in [0.15, 0.2) is 73.0 Å². The van der Waals surface area contributed by atoms with Crippen LogP contribution in [0, 0.1) is 11.7 Å². The molecule has 2 aromatic heterocycles. The van der Waals surface area contributed by atoms with Crippen LogP contribution in [0.25, 0.3) is 5.57 Å². The van der Waals surface area contributed by atoms with Gasteiger partial charge in [-0.15, -0.1) is 0 Å². The van der Waals surface area contributed by atoms with E-state index in [9.17, 15) is 9.59 Å². The number of rotatable bonds is 9. The van der Waals surface area contributed by atoms with Gasteiger partial charge in [-0.1, -0.05) is 65.7 Å². The van der Waals surface area contributed by atoms with Crippen molar-refractivity contribution in [3.63, 3.8) is 0 Å². The number of pyridine rings is 2. The minimum Gasteiger partial charge on any atom is -0.480 e. The lowest BCUT2D eigenvalue weighted by molar-refractivity contribution is -0.144. The Kier molecular flexibility index (Phi) is 8.63. The molecule has 3 aromatic rings. The summed E-state index contributed by atoms with van der Waals surface area (Å²) in [4.78, 5) is 34.5. The predicted octanol–water partition coefficient (Wildman–Crippen LogP) is 5.57. The molecule has 1 unspecified atom stereocenters. The Morgan fingerprint density at radius 3 is 2.69 bits per heavy atom. The number of halogens is 3. The molecular weight excluding hydrogens is 582 g/mol. The fourth-order valence-electron chi connectivity index (χ4n) is 5.42. The number of aldehydes is 1. The van der Waals surface area contributed by atoms with Crippen molar-refractivity contribution in [1.29, 1.82) is 0 Å². The molecule has 8 nitrogen and oxygen atoms in total. The van der Waals surface area contributed by atoms with Gasteiger partial charge in [-0.3, -0.25) is 14.5 Å². The second-order valence-electron chi connectivity index (χ2n) is 10.1. The molecule has 0 spiro atoms. The van der Waals surface area contributed by atoms with Crippen LogP contribution in [0.3, 0.4) is 0 Å². The van der Waals surface area contributed by atoms with E-state index >= 15 is 4.39 Å². The molecule has 1 fully saturated rings. The molecule has 11 heteroatoms. The predicted molar refractivity (Wildman–Crippen MR) is 159 cm³/mol. The molecule has 0 radical (unpaired) electrons. The molecule has 0 bridgehead atoms. The van der Waals surface area contributed by atoms with Crippen molar-refractivity contribution in [2.24, 2.45) is 5.92 Å². The van der Waals surface area contributed by atoms with Gasteiger partial charge >= 0.3 is 5.97 Å². The number of likely N-dealkylation sites (tertiary alicyclic amines) is 1. The lowest BCUT2D eigenvalue weighted by atomic mass is 9.79. The molecule has 1 aliphatic heterocycles. The maximum absolute atomic E-state index is 16.2. The summed E-state index contributed by atoms with van der Waals surface area (Å²) in [6.07, 6.45) is 8.01. The fourth-order valence-corrected chi connectivity index (χ4v) is 6.17. The minimum absolute atomic E-state index is 0.0633. The van der Waals surface area contributed by atoms with Crippen LogP contribution in [-0.4, -0.2) is 58.8 Å². The summed E-state index contributed by atoms with van der Waals surface area (Å²) >= 11 is 14.5. The molecule has 0 saturated carbocycles. The standard InChI is InChI=1S/C31H29Cl2FN4O4/c1-41-28-23(19-39)10-11-25(36-28)30(14-6-9-24(31(30,32)33)20-7-4-3-5-8-20)37-27-26(34)21(12-15-35-27)17-38-16-13-22(18-38)29(40)42-2/h3-12,14-15,19,22H,13,16-18H2,1-2H3,(H,35,37)/t22-,30?/m1/s1. The number of methoxy groups -OCH3 is 2. The monoisotopic (exact) mass is 610 g/mol. The normalized spacial score (nSPS) is 21.5. The third-order valence-electron chi connectivity index (χ3n) is 7.63. The van der Waals surface area contributed by atoms with Crippen molar-refractivity contribution >= 4 is 46.8 Å². The zero-order valence-corrected chi connectivity index (χ0v) is 24.5. The molecule has 0 amide bonds. The van der Waals surface area contributed by atoms with Gasteiger partial charge < -0.3 is 14.8 Å². The number of anilines is 1. The molecule has 2 aliphatic rings. The molecule has 42 heavy (non-hydrogen) atoms. The van der Waals surface area contributed by atoms with Crippen molar-refractivity contribution in [2.75, 3.05) is 32.6 Å². The zero-order valence-electron chi connectivity index (χ0n) is 23.0. The number of esters is 1. The number of ether oxygens (including phenoxy) is 2. The van der Waals surface area contributed by atoms with Crippen molar-refractivity contribution in [1.82, 2.24) is 14.9 Å². The van der Waals surface area contributed by atoms with Crippen LogP contribution in [0.2, 0.25) is 0 Å². The highest BCUT2D eigenvalue weighted by Gasteiger charge is 2.55. The van der Waals surface area contributed by atoms with Crippen molar-refractivity contribution in [3.05, 3.63) is 101 Å². The molecule has 1 aliphatic carbocycles. The van der Waals surface area contributed by atoms with Gasteiger partial charge in [0.25, 0.3) is 0 Å². The smallest absolute Gasteiger partial charge is 0.310 e. The Morgan fingerprint density at radius 1 is 1.19 bits per heavy atom. The van der Waals surface area contributed by atoms with E-state index in [1.807, 2.05) is 35.2 Å². The van der Waals surface area contributed by atoms with E-state index in [1.165, 1.54) is 20.4 Å². The highest BCUT2D eigenvalue weighted by molar-refractivity contribution is 6.55. The lowest BCUT2D eigenvalue weighted by Gasteiger charge is -2.44. The summed E-state index contributed by atoms with van der Waals surface area (Å²) in [6, 6.07) is 14.1. The second-order valence-corrected chi connectivity index (χ2v) is 11.4. The summed E-state index contributed by atoms with van der Waals surface area (Å²) in [5.41, 5.74) is 0.631. The topological polar surface area (TPSA) is 93.7 Å². The van der Waals surface area contributed by atoms with Gasteiger partial charge in [-0.25, -0.2) is 14.4 Å². The molecule has 1 saturated heterocycles. The van der Waals surface area contributed by atoms with Crippen LogP contribution < -0.4 is 10.1 Å². The summed E-state index contributed by atoms with van der Waals surface area (Å²) in [7, 11) is 2.76. The van der Waals surface area contributed by atoms with E-state index in [0.717, 1.165) is 5.56 Å². The molecule has 5 rings (SSSR count). The average molecular weight is 612 g/mol. The van der Waals surface area contributed by atoms with E-state index < -0.39 is 15.7 Å². The quantitative estimate of drug-likeness (QED) is 0.191. The first kappa shape index (κ1) is 29.7. The molecule has 218 valence electrons. The third-order valence-corrected chi connectivity index (χ3v) is 8.63. The Hall–Kier alpha value is -3.79. The number of nitrogens with one attached hydrogen (secondary N) is 1. The summed E-state index contributed by atoms with van der Waals surface area (Å²) in [5.74, 6) is -1.15. The van der Waals surface area contributed by atoms with Crippen molar-refractivity contribution in [2.45, 2.75) is 22.8 Å². The molecular formula is C31H29Cl2FN4O4. The van der Waals surface area contributed by atoms with Crippen molar-refractivity contribution < 1.29 is 23.5 Å². The van der Waals surface area contributed by atoms with Crippen LogP contribution in [0.4, 0.5) is 10.2 Å². The van der Waals surface area contributed by atoms with Crippen LogP contribution in [0.5, 0.6) is 5.88 Å². The summed E-state index contributed by atoms with van der Waals surface area (Å²) in [5, 5.41) is 3.18. The average Bonchev–Trinajstić information content (AvgIpc) is 3.48. The fraction of sp³-hybridized carbons (Fsp3) is 0.290. The highest BCUT2D eigenvalue weighted by Crippen LogP contribution is 2.54. The van der Waals surface area contributed by atoms with Crippen LogP contribution >= 0.6 is 23.2 Å². The van der Waals surface area contributed by atoms with Gasteiger partial charge in [0.1, 0.15) is 5.54 Å². The van der Waals surface area contributed by atoms with E-state index in [0.29, 0.717) is 36.9 Å². The second kappa shape index (κ2) is 12.2. The largest absolute Gasteiger partial charge is 0.480 e. The third kappa shape index (κ3) is 5.40. The number of nitrogens with zero attached hydrogens (tertiary/aromatic N) is 3. The number of carbonyl (C=O) groups is 2. The van der Waals surface area contributed by atoms with E-state index in [1.54, 1.807) is 36.4 Å². The first-order valence-electron chi connectivity index (χ1n) is 13.3. The summed E-state index contributed by atoms with van der Waals surface area (Å²) in [6.45, 7) is 1.36. The Morgan fingerprint density at radius 2 is 1.98 bits per heavy atom. The number of carbonyl (C=O) groups excluding carboxylic acids is 2. The van der Waals surface area contributed by atoms with Gasteiger partial charge in [-0.05, 0) is 48.4 Å². The number of hydrogen-bond donors (Lipinski definition) is 1. The molecule has 1 N–H and O–H groups in total. The van der Waals surface area contributed by atoms with Gasteiger partial charge in [0.05, 0.1) is 31.4 Å². The van der Waals surface area contributed by atoms with Gasteiger partial charge in [-0.2, -0.15) is 0 Å². The number of alkyl halides is 2. The highest BCUT2D eigenvalue weighted by atomic mass is 35.5. The minimum atomic E-state index is -1.74. The number of hydrogen-bond acceptors (Lipinski definition) is 8. The first-order chi connectivity index (χ1) is 20.2. The molecule has 1 aromatic carbocycles. The Labute approximate surface area is 253 Å². The number of aromatic nitrogens is 2. The Balaban J connectivity index is 1.57. The van der Waals surface area contributed by atoms with Crippen molar-refractivity contribution in [3.8, 4) is 5.88 Å². The van der Waals surface area contributed by atoms with Gasteiger partial charge in [0.15, 0.2) is 22.3 Å². The van der Waals surface area contributed by atoms with E-state index in [4.69, 9.17) is 32.7 Å². The van der Waals surface area contributed by atoms with E-state index in [-0.39, 0.29) is 41.4 Å².